The summed E-state index contributed by atoms with van der Waals surface area (Å²) in [5, 5.41) is 10.5. The number of carboxylic acid groups (broad SMARTS) is 1. The van der Waals surface area contributed by atoms with Crippen LogP contribution in [0, 0.1) is 5.92 Å². The molecule has 0 spiro atoms. The Morgan fingerprint density at radius 3 is 3.00 bits per heavy atom. The van der Waals surface area contributed by atoms with Crippen LogP contribution in [0.15, 0.2) is 17.5 Å². The van der Waals surface area contributed by atoms with Crippen molar-refractivity contribution in [1.82, 2.24) is 0 Å². The Labute approximate surface area is 106 Å². The normalized spacial score (nSPS) is 11.5. The van der Waals surface area contributed by atoms with E-state index in [1.54, 1.807) is 17.4 Å². The van der Waals surface area contributed by atoms with Crippen LogP contribution in [-0.4, -0.2) is 17.7 Å². The summed E-state index contributed by atoms with van der Waals surface area (Å²) in [7, 11) is 0. The smallest absolute Gasteiger partial charge is 0.328 e. The Bertz CT molecular complexity index is 380. The van der Waals surface area contributed by atoms with Gasteiger partial charge in [0.2, 0.25) is 0 Å². The number of carboxylic acids is 1. The van der Waals surface area contributed by atoms with Crippen LogP contribution in [0.2, 0.25) is 0 Å². The molecular formula is C13H18O3S. The second-order valence-electron chi connectivity index (χ2n) is 4.21. The molecular weight excluding hydrogens is 236 g/mol. The summed E-state index contributed by atoms with van der Waals surface area (Å²) in [5.74, 6) is -0.285. The minimum absolute atomic E-state index is 0.559. The number of hydrogen-bond acceptors (Lipinski definition) is 3. The summed E-state index contributed by atoms with van der Waals surface area (Å²) in [6.45, 7) is 5.63. The van der Waals surface area contributed by atoms with E-state index < -0.39 is 5.97 Å². The molecule has 0 saturated heterocycles. The maximum atomic E-state index is 10.4. The third kappa shape index (κ3) is 5.65. The SMILES string of the molecule is CC(C)CCOCc1sccc1C=CC(=O)O. The van der Waals surface area contributed by atoms with Crippen LogP contribution in [-0.2, 0) is 16.1 Å². The van der Waals surface area contributed by atoms with E-state index in [-0.39, 0.29) is 0 Å². The largest absolute Gasteiger partial charge is 0.478 e. The number of carbonyl (C=O) groups is 1. The Morgan fingerprint density at radius 1 is 1.59 bits per heavy atom. The van der Waals surface area contributed by atoms with Crippen LogP contribution in [0.1, 0.15) is 30.7 Å². The number of hydrogen-bond donors (Lipinski definition) is 1. The highest BCUT2D eigenvalue weighted by Crippen LogP contribution is 2.19. The Balaban J connectivity index is 2.43. The van der Waals surface area contributed by atoms with Crippen molar-refractivity contribution in [3.05, 3.63) is 28.0 Å². The van der Waals surface area contributed by atoms with Crippen LogP contribution in [0.25, 0.3) is 6.08 Å². The van der Waals surface area contributed by atoms with Crippen LogP contribution in [0.3, 0.4) is 0 Å². The molecule has 4 heteroatoms. The lowest BCUT2D eigenvalue weighted by atomic mass is 10.1. The van der Waals surface area contributed by atoms with E-state index in [0.717, 1.165) is 29.5 Å². The standard InChI is InChI=1S/C13H18O3S/c1-10(2)5-7-16-9-12-11(6-8-17-12)3-4-13(14)15/h3-4,6,8,10H,5,7,9H2,1-2H3,(H,14,15). The predicted molar refractivity (Wildman–Crippen MR) is 70.1 cm³/mol. The second kappa shape index (κ2) is 7.25. The van der Waals surface area contributed by atoms with Gasteiger partial charge in [0.1, 0.15) is 0 Å². The van der Waals surface area contributed by atoms with Gasteiger partial charge in [0, 0.05) is 17.6 Å². The van der Waals surface area contributed by atoms with E-state index in [0.29, 0.717) is 12.5 Å². The summed E-state index contributed by atoms with van der Waals surface area (Å²) in [6, 6.07) is 1.91. The fourth-order valence-electron chi connectivity index (χ4n) is 1.26. The quantitative estimate of drug-likeness (QED) is 0.599. The maximum Gasteiger partial charge on any atom is 0.328 e. The summed E-state index contributed by atoms with van der Waals surface area (Å²) in [6.07, 6.45) is 3.81. The van der Waals surface area contributed by atoms with Crippen LogP contribution >= 0.6 is 11.3 Å². The van der Waals surface area contributed by atoms with Gasteiger partial charge in [0.15, 0.2) is 0 Å². The summed E-state index contributed by atoms with van der Waals surface area (Å²) >= 11 is 1.59. The summed E-state index contributed by atoms with van der Waals surface area (Å²) < 4.78 is 5.57. The fraction of sp³-hybridized carbons (Fsp3) is 0.462. The highest BCUT2D eigenvalue weighted by atomic mass is 32.1. The van der Waals surface area contributed by atoms with E-state index in [1.165, 1.54) is 0 Å². The predicted octanol–water partition coefficient (Wildman–Crippen LogP) is 3.41. The van der Waals surface area contributed by atoms with Crippen LogP contribution in [0.5, 0.6) is 0 Å². The third-order valence-corrected chi connectivity index (χ3v) is 3.17. The van der Waals surface area contributed by atoms with Crippen LogP contribution < -0.4 is 0 Å². The van der Waals surface area contributed by atoms with E-state index in [9.17, 15) is 4.79 Å². The van der Waals surface area contributed by atoms with Crippen molar-refractivity contribution in [2.45, 2.75) is 26.9 Å². The van der Waals surface area contributed by atoms with Gasteiger partial charge >= 0.3 is 5.97 Å². The van der Waals surface area contributed by atoms with Gasteiger partial charge in [-0.3, -0.25) is 0 Å². The summed E-state index contributed by atoms with van der Waals surface area (Å²) in [4.78, 5) is 11.5. The Kier molecular flexibility index (Phi) is 5.94. The Hall–Kier alpha value is -1.13. The van der Waals surface area contributed by atoms with Gasteiger partial charge in [0.25, 0.3) is 0 Å². The number of aliphatic carboxylic acids is 1. The molecule has 0 aliphatic heterocycles. The minimum atomic E-state index is -0.928. The van der Waals surface area contributed by atoms with Gasteiger partial charge in [0.05, 0.1) is 6.61 Å². The molecule has 94 valence electrons. The van der Waals surface area contributed by atoms with Crippen molar-refractivity contribution in [3.63, 3.8) is 0 Å². The molecule has 0 atom stereocenters. The zero-order valence-electron chi connectivity index (χ0n) is 10.2. The molecule has 0 unspecified atom stereocenters. The van der Waals surface area contributed by atoms with Gasteiger partial charge in [-0.15, -0.1) is 11.3 Å². The van der Waals surface area contributed by atoms with Gasteiger partial charge in [-0.05, 0) is 35.4 Å². The lowest BCUT2D eigenvalue weighted by Gasteiger charge is -2.05. The zero-order chi connectivity index (χ0) is 12.7. The molecule has 1 aromatic rings. The maximum absolute atomic E-state index is 10.4. The van der Waals surface area contributed by atoms with Crippen molar-refractivity contribution in [2.75, 3.05) is 6.61 Å². The molecule has 0 fully saturated rings. The molecule has 17 heavy (non-hydrogen) atoms. The van der Waals surface area contributed by atoms with Gasteiger partial charge in [-0.2, -0.15) is 0 Å². The van der Waals surface area contributed by atoms with Crippen LogP contribution in [0.4, 0.5) is 0 Å². The molecule has 1 aromatic heterocycles. The topological polar surface area (TPSA) is 46.5 Å². The van der Waals surface area contributed by atoms with Crippen molar-refractivity contribution in [3.8, 4) is 0 Å². The molecule has 0 amide bonds. The van der Waals surface area contributed by atoms with Gasteiger partial charge in [-0.25, -0.2) is 4.79 Å². The lowest BCUT2D eigenvalue weighted by Crippen LogP contribution is -1.99. The van der Waals surface area contributed by atoms with Crippen molar-refractivity contribution >= 4 is 23.4 Å². The van der Waals surface area contributed by atoms with Crippen molar-refractivity contribution < 1.29 is 14.6 Å². The molecule has 0 bridgehead atoms. The van der Waals surface area contributed by atoms with Gasteiger partial charge in [-0.1, -0.05) is 13.8 Å². The fourth-order valence-corrected chi connectivity index (χ4v) is 2.06. The van der Waals surface area contributed by atoms with Crippen molar-refractivity contribution in [1.29, 1.82) is 0 Å². The van der Waals surface area contributed by atoms with E-state index in [1.807, 2.05) is 11.4 Å². The molecule has 0 aromatic carbocycles. The molecule has 0 aliphatic rings. The number of rotatable bonds is 7. The first-order chi connectivity index (χ1) is 8.09. The molecule has 0 saturated carbocycles. The molecule has 1 rings (SSSR count). The molecule has 1 N–H and O–H groups in total. The molecule has 0 aliphatic carbocycles. The first-order valence-corrected chi connectivity index (χ1v) is 6.52. The number of thiophene rings is 1. The highest BCUT2D eigenvalue weighted by molar-refractivity contribution is 7.10. The average molecular weight is 254 g/mol. The van der Waals surface area contributed by atoms with E-state index >= 15 is 0 Å². The minimum Gasteiger partial charge on any atom is -0.478 e. The second-order valence-corrected chi connectivity index (χ2v) is 5.21. The lowest BCUT2D eigenvalue weighted by molar-refractivity contribution is -0.131. The highest BCUT2D eigenvalue weighted by Gasteiger charge is 2.02. The molecule has 0 radical (unpaired) electrons. The first kappa shape index (κ1) is 13.9. The average Bonchev–Trinajstić information content (AvgIpc) is 2.68. The zero-order valence-corrected chi connectivity index (χ0v) is 11.0. The monoisotopic (exact) mass is 254 g/mol. The molecule has 1 heterocycles. The molecule has 3 nitrogen and oxygen atoms in total. The third-order valence-electron chi connectivity index (χ3n) is 2.26. The summed E-state index contributed by atoms with van der Waals surface area (Å²) in [5.41, 5.74) is 0.932. The number of ether oxygens (including phenoxy) is 1. The Morgan fingerprint density at radius 2 is 2.35 bits per heavy atom. The van der Waals surface area contributed by atoms with E-state index in [2.05, 4.69) is 13.8 Å². The van der Waals surface area contributed by atoms with Crippen molar-refractivity contribution in [2.24, 2.45) is 5.92 Å². The van der Waals surface area contributed by atoms with E-state index in [4.69, 9.17) is 9.84 Å². The first-order valence-electron chi connectivity index (χ1n) is 5.64. The van der Waals surface area contributed by atoms with Gasteiger partial charge < -0.3 is 9.84 Å².